The van der Waals surface area contributed by atoms with E-state index in [2.05, 4.69) is 15.0 Å². The molecule has 0 bridgehead atoms. The molecule has 1 amide bonds. The molecule has 1 aliphatic heterocycles. The highest BCUT2D eigenvalue weighted by Crippen LogP contribution is 2.21. The summed E-state index contributed by atoms with van der Waals surface area (Å²) in [6.07, 6.45) is 4.20. The van der Waals surface area contributed by atoms with Crippen LogP contribution in [0.1, 0.15) is 36.1 Å². The van der Waals surface area contributed by atoms with E-state index in [0.717, 1.165) is 29.5 Å². The third kappa shape index (κ3) is 3.62. The topological polar surface area (TPSA) is 73.1 Å². The van der Waals surface area contributed by atoms with E-state index in [-0.39, 0.29) is 12.0 Å². The molecule has 7 heteroatoms. The van der Waals surface area contributed by atoms with Crippen LogP contribution in [0.3, 0.4) is 0 Å². The highest BCUT2D eigenvalue weighted by Gasteiger charge is 2.27. The van der Waals surface area contributed by atoms with Gasteiger partial charge >= 0.3 is 0 Å². The maximum Gasteiger partial charge on any atom is 0.242 e. The summed E-state index contributed by atoms with van der Waals surface area (Å²) in [5.74, 6) is 1.73. The Balaban J connectivity index is 1.69. The Morgan fingerprint density at radius 1 is 1.38 bits per heavy atom. The third-order valence-corrected chi connectivity index (χ3v) is 4.16. The zero-order chi connectivity index (χ0) is 17.1. The second-order valence-electron chi connectivity index (χ2n) is 6.01. The normalized spacial score (nSPS) is 18.0. The fourth-order valence-corrected chi connectivity index (χ4v) is 3.01. The maximum atomic E-state index is 12.6. The quantitative estimate of drug-likeness (QED) is 0.849. The summed E-state index contributed by atoms with van der Waals surface area (Å²) in [4.78, 5) is 27.5. The minimum atomic E-state index is -0.198. The number of carbonyl (C=O) groups is 1. The Morgan fingerprint density at radius 2 is 2.21 bits per heavy atom. The molecular weight excluding hydrogens is 306 g/mol. The molecule has 0 saturated carbocycles. The van der Waals surface area contributed by atoms with Crippen molar-refractivity contribution in [2.24, 2.45) is 0 Å². The molecule has 0 aromatic carbocycles. The molecule has 0 N–H and O–H groups in total. The summed E-state index contributed by atoms with van der Waals surface area (Å²) >= 11 is 0. The summed E-state index contributed by atoms with van der Waals surface area (Å²) in [5, 5.41) is 0. The Labute approximate surface area is 141 Å². The van der Waals surface area contributed by atoms with Crippen molar-refractivity contribution >= 4 is 5.91 Å². The van der Waals surface area contributed by atoms with E-state index in [1.165, 1.54) is 0 Å². The van der Waals surface area contributed by atoms with Crippen LogP contribution in [0, 0.1) is 13.8 Å². The Kier molecular flexibility index (Phi) is 4.89. The molecule has 128 valence electrons. The van der Waals surface area contributed by atoms with Gasteiger partial charge < -0.3 is 14.2 Å². The lowest BCUT2D eigenvalue weighted by molar-refractivity contribution is -0.139. The van der Waals surface area contributed by atoms with Crippen LogP contribution in [0.4, 0.5) is 0 Å². The van der Waals surface area contributed by atoms with Crippen LogP contribution in [-0.2, 0) is 22.5 Å². The van der Waals surface area contributed by atoms with Crippen molar-refractivity contribution in [2.45, 2.75) is 39.8 Å². The molecular formula is C17H23N5O2. The average Bonchev–Trinajstić information content (AvgIpc) is 3.01. The number of aromatic nitrogens is 4. The number of ether oxygens (including phenoxy) is 1. The van der Waals surface area contributed by atoms with Crippen molar-refractivity contribution in [3.05, 3.63) is 41.5 Å². The number of nitrogens with zero attached hydrogens (tertiary/aromatic N) is 5. The first-order valence-electron chi connectivity index (χ1n) is 8.28. The van der Waals surface area contributed by atoms with E-state index < -0.39 is 0 Å². The van der Waals surface area contributed by atoms with Gasteiger partial charge in [-0.3, -0.25) is 4.79 Å². The van der Waals surface area contributed by atoms with Gasteiger partial charge in [0, 0.05) is 31.1 Å². The monoisotopic (exact) mass is 329 g/mol. The summed E-state index contributed by atoms with van der Waals surface area (Å²) < 4.78 is 7.74. The van der Waals surface area contributed by atoms with Gasteiger partial charge in [0.05, 0.1) is 18.8 Å². The first-order chi connectivity index (χ1) is 11.6. The van der Waals surface area contributed by atoms with Crippen LogP contribution in [0.5, 0.6) is 0 Å². The predicted octanol–water partition coefficient (Wildman–Crippen LogP) is 1.45. The summed E-state index contributed by atoms with van der Waals surface area (Å²) in [6.45, 7) is 7.80. The number of amides is 1. The van der Waals surface area contributed by atoms with Gasteiger partial charge in [0.2, 0.25) is 5.91 Å². The Morgan fingerprint density at radius 3 is 2.96 bits per heavy atom. The molecule has 0 spiro atoms. The fraction of sp³-hybridized carbons (Fsp3) is 0.529. The van der Waals surface area contributed by atoms with Crippen LogP contribution in [-0.4, -0.2) is 50.0 Å². The van der Waals surface area contributed by atoms with Crippen molar-refractivity contribution in [1.82, 2.24) is 24.4 Å². The lowest BCUT2D eigenvalue weighted by Crippen LogP contribution is -2.44. The van der Waals surface area contributed by atoms with E-state index in [0.29, 0.717) is 26.2 Å². The SMILES string of the molecule is CCc1nccn1CC(=O)N1CCO[C@H](c2cc(C)nc(C)n2)C1. The molecule has 1 saturated heterocycles. The van der Waals surface area contributed by atoms with Gasteiger partial charge in [-0.1, -0.05) is 6.92 Å². The number of hydrogen-bond donors (Lipinski definition) is 0. The van der Waals surface area contributed by atoms with Crippen LogP contribution < -0.4 is 0 Å². The van der Waals surface area contributed by atoms with Crippen molar-refractivity contribution in [3.8, 4) is 0 Å². The number of imidazole rings is 1. The number of rotatable bonds is 4. The maximum absolute atomic E-state index is 12.6. The van der Waals surface area contributed by atoms with Gasteiger partial charge in [0.1, 0.15) is 24.3 Å². The Hall–Kier alpha value is -2.28. The lowest BCUT2D eigenvalue weighted by atomic mass is 10.1. The number of hydrogen-bond acceptors (Lipinski definition) is 5. The van der Waals surface area contributed by atoms with Crippen LogP contribution in [0.2, 0.25) is 0 Å². The van der Waals surface area contributed by atoms with Gasteiger partial charge in [-0.2, -0.15) is 0 Å². The van der Waals surface area contributed by atoms with Crippen molar-refractivity contribution in [2.75, 3.05) is 19.7 Å². The zero-order valence-corrected chi connectivity index (χ0v) is 14.4. The molecule has 2 aromatic rings. The summed E-state index contributed by atoms with van der Waals surface area (Å²) in [5.41, 5.74) is 1.75. The van der Waals surface area contributed by atoms with Gasteiger partial charge in [-0.15, -0.1) is 0 Å². The largest absolute Gasteiger partial charge is 0.368 e. The second kappa shape index (κ2) is 7.09. The molecule has 1 atom stereocenters. The van der Waals surface area contributed by atoms with Gasteiger partial charge in [0.15, 0.2) is 0 Å². The molecule has 3 rings (SSSR count). The van der Waals surface area contributed by atoms with Gasteiger partial charge in [-0.05, 0) is 19.9 Å². The zero-order valence-electron chi connectivity index (χ0n) is 14.4. The molecule has 7 nitrogen and oxygen atoms in total. The fourth-order valence-electron chi connectivity index (χ4n) is 3.01. The van der Waals surface area contributed by atoms with E-state index >= 15 is 0 Å². The molecule has 2 aromatic heterocycles. The molecule has 0 radical (unpaired) electrons. The molecule has 3 heterocycles. The van der Waals surface area contributed by atoms with E-state index in [9.17, 15) is 4.79 Å². The predicted molar refractivity (Wildman–Crippen MR) is 88.4 cm³/mol. The van der Waals surface area contributed by atoms with Gasteiger partial charge in [0.25, 0.3) is 0 Å². The van der Waals surface area contributed by atoms with Crippen LogP contribution in [0.15, 0.2) is 18.5 Å². The Bertz CT molecular complexity index is 707. The molecule has 0 unspecified atom stereocenters. The number of morpholine rings is 1. The highest BCUT2D eigenvalue weighted by molar-refractivity contribution is 5.76. The summed E-state index contributed by atoms with van der Waals surface area (Å²) in [6, 6.07) is 1.93. The molecule has 1 fully saturated rings. The number of carbonyl (C=O) groups excluding carboxylic acids is 1. The average molecular weight is 329 g/mol. The van der Waals surface area contributed by atoms with E-state index in [1.54, 1.807) is 6.20 Å². The molecule has 0 aliphatic carbocycles. The minimum Gasteiger partial charge on any atom is -0.368 e. The summed E-state index contributed by atoms with van der Waals surface area (Å²) in [7, 11) is 0. The van der Waals surface area contributed by atoms with E-state index in [1.807, 2.05) is 42.5 Å². The minimum absolute atomic E-state index is 0.0819. The highest BCUT2D eigenvalue weighted by atomic mass is 16.5. The van der Waals surface area contributed by atoms with Crippen molar-refractivity contribution in [3.63, 3.8) is 0 Å². The van der Waals surface area contributed by atoms with E-state index in [4.69, 9.17) is 4.74 Å². The smallest absolute Gasteiger partial charge is 0.242 e. The third-order valence-electron chi connectivity index (χ3n) is 4.16. The van der Waals surface area contributed by atoms with Crippen molar-refractivity contribution in [1.29, 1.82) is 0 Å². The second-order valence-corrected chi connectivity index (χ2v) is 6.01. The van der Waals surface area contributed by atoms with Crippen LogP contribution in [0.25, 0.3) is 0 Å². The van der Waals surface area contributed by atoms with Crippen LogP contribution >= 0.6 is 0 Å². The number of aryl methyl sites for hydroxylation is 3. The first kappa shape index (κ1) is 16.6. The lowest BCUT2D eigenvalue weighted by Gasteiger charge is -2.33. The molecule has 24 heavy (non-hydrogen) atoms. The van der Waals surface area contributed by atoms with Gasteiger partial charge in [-0.25, -0.2) is 15.0 Å². The molecule has 1 aliphatic rings. The first-order valence-corrected chi connectivity index (χ1v) is 8.28. The standard InChI is InChI=1S/C17H23N5O2/c1-4-16-18-5-6-21(16)11-17(23)22-7-8-24-15(10-22)14-9-12(2)19-13(3)20-14/h5-6,9,15H,4,7-8,10-11H2,1-3H3/t15-/m0/s1. The van der Waals surface area contributed by atoms with Crippen molar-refractivity contribution < 1.29 is 9.53 Å².